The standard InChI is InChI=1S/C24H30N6OS/c1-2-20-8-6-7-11-22(20)30-19-26-27-24(30)32-18-23(31)25-12-13-28-14-16-29(17-15-28)21-9-4-3-5-10-21/h3-11,19H,2,12-18H2,1H3,(H,25,31). The number of hydrogen-bond acceptors (Lipinski definition) is 6. The van der Waals surface area contributed by atoms with Crippen molar-refractivity contribution in [2.24, 2.45) is 0 Å². The third-order valence-corrected chi connectivity index (χ3v) is 6.67. The van der Waals surface area contributed by atoms with E-state index in [0.29, 0.717) is 12.3 Å². The first-order valence-electron chi connectivity index (χ1n) is 11.1. The minimum absolute atomic E-state index is 0.0243. The normalized spacial score (nSPS) is 14.5. The molecule has 1 amide bonds. The van der Waals surface area contributed by atoms with Crippen molar-refractivity contribution in [3.05, 3.63) is 66.5 Å². The van der Waals surface area contributed by atoms with E-state index in [0.717, 1.165) is 50.0 Å². The van der Waals surface area contributed by atoms with Crippen molar-refractivity contribution in [2.75, 3.05) is 49.9 Å². The summed E-state index contributed by atoms with van der Waals surface area (Å²) in [5, 5.41) is 12.0. The summed E-state index contributed by atoms with van der Waals surface area (Å²) in [5.41, 5.74) is 3.58. The van der Waals surface area contributed by atoms with Crippen LogP contribution in [0.15, 0.2) is 66.1 Å². The number of carbonyl (C=O) groups is 1. The van der Waals surface area contributed by atoms with E-state index < -0.39 is 0 Å². The van der Waals surface area contributed by atoms with Crippen LogP contribution in [0, 0.1) is 0 Å². The van der Waals surface area contributed by atoms with Crippen molar-refractivity contribution >= 4 is 23.4 Å². The second kappa shape index (κ2) is 11.2. The molecule has 0 spiro atoms. The molecule has 0 aliphatic carbocycles. The summed E-state index contributed by atoms with van der Waals surface area (Å²) < 4.78 is 1.96. The number of aromatic nitrogens is 3. The Morgan fingerprint density at radius 3 is 2.56 bits per heavy atom. The maximum Gasteiger partial charge on any atom is 0.230 e. The van der Waals surface area contributed by atoms with Gasteiger partial charge in [0.2, 0.25) is 5.91 Å². The molecule has 168 valence electrons. The molecule has 2 aromatic carbocycles. The highest BCUT2D eigenvalue weighted by Crippen LogP contribution is 2.22. The molecule has 3 aromatic rings. The molecule has 1 aromatic heterocycles. The first-order chi connectivity index (χ1) is 15.7. The van der Waals surface area contributed by atoms with Crippen LogP contribution in [0.3, 0.4) is 0 Å². The molecular formula is C24H30N6OS. The first kappa shape index (κ1) is 22.4. The van der Waals surface area contributed by atoms with E-state index in [1.54, 1.807) is 6.33 Å². The van der Waals surface area contributed by atoms with Gasteiger partial charge in [-0.1, -0.05) is 55.1 Å². The fourth-order valence-corrected chi connectivity index (χ4v) is 4.69. The van der Waals surface area contributed by atoms with Gasteiger partial charge in [0.15, 0.2) is 5.16 Å². The van der Waals surface area contributed by atoms with Crippen LogP contribution >= 0.6 is 11.8 Å². The van der Waals surface area contributed by atoms with Crippen molar-refractivity contribution < 1.29 is 4.79 Å². The van der Waals surface area contributed by atoms with Crippen molar-refractivity contribution in [3.63, 3.8) is 0 Å². The quantitative estimate of drug-likeness (QED) is 0.506. The van der Waals surface area contributed by atoms with Crippen LogP contribution in [-0.4, -0.2) is 70.6 Å². The lowest BCUT2D eigenvalue weighted by atomic mass is 10.1. The summed E-state index contributed by atoms with van der Waals surface area (Å²) in [6, 6.07) is 18.8. The Bertz CT molecular complexity index is 1000. The highest BCUT2D eigenvalue weighted by atomic mass is 32.2. The molecule has 0 saturated carbocycles. The first-order valence-corrected chi connectivity index (χ1v) is 12.1. The van der Waals surface area contributed by atoms with Gasteiger partial charge in [-0.15, -0.1) is 10.2 Å². The number of para-hydroxylation sites is 2. The minimum atomic E-state index is 0.0243. The highest BCUT2D eigenvalue weighted by molar-refractivity contribution is 7.99. The lowest BCUT2D eigenvalue weighted by Crippen LogP contribution is -2.48. The van der Waals surface area contributed by atoms with Gasteiger partial charge in [-0.25, -0.2) is 0 Å². The van der Waals surface area contributed by atoms with Crippen LogP contribution in [-0.2, 0) is 11.2 Å². The number of benzene rings is 2. The highest BCUT2D eigenvalue weighted by Gasteiger charge is 2.17. The van der Waals surface area contributed by atoms with Crippen LogP contribution in [0.25, 0.3) is 5.69 Å². The topological polar surface area (TPSA) is 66.3 Å². The van der Waals surface area contributed by atoms with Crippen LogP contribution in [0.1, 0.15) is 12.5 Å². The molecule has 0 unspecified atom stereocenters. The predicted octanol–water partition coefficient (Wildman–Crippen LogP) is 2.86. The second-order valence-electron chi connectivity index (χ2n) is 7.77. The van der Waals surface area contributed by atoms with Gasteiger partial charge in [0.05, 0.1) is 11.4 Å². The minimum Gasteiger partial charge on any atom is -0.369 e. The summed E-state index contributed by atoms with van der Waals surface area (Å²) in [5.74, 6) is 0.352. The molecule has 1 aliphatic heterocycles. The van der Waals surface area contributed by atoms with Gasteiger partial charge < -0.3 is 10.2 Å². The Balaban J connectivity index is 1.19. The number of piperazine rings is 1. The number of amides is 1. The average Bonchev–Trinajstić information content (AvgIpc) is 3.32. The van der Waals surface area contributed by atoms with Gasteiger partial charge in [-0.2, -0.15) is 0 Å². The number of hydrogen-bond donors (Lipinski definition) is 1. The summed E-state index contributed by atoms with van der Waals surface area (Å²) in [4.78, 5) is 17.2. The van der Waals surface area contributed by atoms with E-state index in [1.807, 2.05) is 16.7 Å². The Kier molecular flexibility index (Phi) is 7.79. The van der Waals surface area contributed by atoms with E-state index >= 15 is 0 Å². The third-order valence-electron chi connectivity index (χ3n) is 5.72. The number of nitrogens with one attached hydrogen (secondary N) is 1. The zero-order valence-corrected chi connectivity index (χ0v) is 19.3. The maximum atomic E-state index is 12.4. The number of anilines is 1. The summed E-state index contributed by atoms with van der Waals surface area (Å²) in [7, 11) is 0. The van der Waals surface area contributed by atoms with E-state index in [9.17, 15) is 4.79 Å². The van der Waals surface area contributed by atoms with Crippen molar-refractivity contribution in [1.29, 1.82) is 0 Å². The molecule has 32 heavy (non-hydrogen) atoms. The molecule has 1 N–H and O–H groups in total. The zero-order valence-electron chi connectivity index (χ0n) is 18.5. The smallest absolute Gasteiger partial charge is 0.230 e. The molecule has 4 rings (SSSR count). The number of nitrogens with zero attached hydrogens (tertiary/aromatic N) is 5. The number of rotatable bonds is 9. The number of carbonyl (C=O) groups excluding carboxylic acids is 1. The summed E-state index contributed by atoms with van der Waals surface area (Å²) in [6.45, 7) is 7.73. The van der Waals surface area contributed by atoms with Gasteiger partial charge >= 0.3 is 0 Å². The Morgan fingerprint density at radius 2 is 1.78 bits per heavy atom. The van der Waals surface area contributed by atoms with E-state index in [-0.39, 0.29) is 5.91 Å². The molecular weight excluding hydrogens is 420 g/mol. The molecule has 2 heterocycles. The molecule has 1 fully saturated rings. The molecule has 8 heteroatoms. The summed E-state index contributed by atoms with van der Waals surface area (Å²) in [6.07, 6.45) is 2.64. The number of aryl methyl sites for hydroxylation is 1. The van der Waals surface area contributed by atoms with Crippen LogP contribution in [0.4, 0.5) is 5.69 Å². The third kappa shape index (κ3) is 5.69. The van der Waals surface area contributed by atoms with E-state index in [1.165, 1.54) is 23.0 Å². The van der Waals surface area contributed by atoms with Crippen LogP contribution in [0.2, 0.25) is 0 Å². The Hall–Kier alpha value is -2.84. The number of thioether (sulfide) groups is 1. The fraction of sp³-hybridized carbons (Fsp3) is 0.375. The molecule has 7 nitrogen and oxygen atoms in total. The van der Waals surface area contributed by atoms with E-state index in [2.05, 4.69) is 74.7 Å². The van der Waals surface area contributed by atoms with Gasteiger partial charge in [-0.3, -0.25) is 14.3 Å². The monoisotopic (exact) mass is 450 g/mol. The average molecular weight is 451 g/mol. The van der Waals surface area contributed by atoms with Gasteiger partial charge in [0.1, 0.15) is 6.33 Å². The maximum absolute atomic E-state index is 12.4. The van der Waals surface area contributed by atoms with Crippen molar-refractivity contribution in [3.8, 4) is 5.69 Å². The molecule has 1 saturated heterocycles. The lowest BCUT2D eigenvalue weighted by molar-refractivity contribution is -0.118. The SMILES string of the molecule is CCc1ccccc1-n1cnnc1SCC(=O)NCCN1CCN(c2ccccc2)CC1. The van der Waals surface area contributed by atoms with Crippen molar-refractivity contribution in [2.45, 2.75) is 18.5 Å². The lowest BCUT2D eigenvalue weighted by Gasteiger charge is -2.36. The van der Waals surface area contributed by atoms with Crippen molar-refractivity contribution in [1.82, 2.24) is 25.0 Å². The molecule has 0 bridgehead atoms. The molecule has 1 aliphatic rings. The van der Waals surface area contributed by atoms with Crippen LogP contribution in [0.5, 0.6) is 0 Å². The van der Waals surface area contributed by atoms with Gasteiger partial charge in [0.25, 0.3) is 0 Å². The molecule has 0 radical (unpaired) electrons. The zero-order chi connectivity index (χ0) is 22.2. The predicted molar refractivity (Wildman–Crippen MR) is 130 cm³/mol. The van der Waals surface area contributed by atoms with Crippen LogP contribution < -0.4 is 10.2 Å². The fourth-order valence-electron chi connectivity index (χ4n) is 3.94. The molecule has 0 atom stereocenters. The summed E-state index contributed by atoms with van der Waals surface area (Å²) >= 11 is 1.42. The Morgan fingerprint density at radius 1 is 1.03 bits per heavy atom. The Labute approximate surface area is 193 Å². The second-order valence-corrected chi connectivity index (χ2v) is 8.71. The largest absolute Gasteiger partial charge is 0.369 e. The van der Waals surface area contributed by atoms with Gasteiger partial charge in [0, 0.05) is 45.0 Å². The van der Waals surface area contributed by atoms with E-state index in [4.69, 9.17) is 0 Å². The van der Waals surface area contributed by atoms with Gasteiger partial charge in [-0.05, 0) is 30.2 Å².